The van der Waals surface area contributed by atoms with E-state index in [1.807, 2.05) is 0 Å². The number of nitrogens with zero attached hydrogens (tertiary/aromatic N) is 3. The molecule has 0 bridgehead atoms. The zero-order valence-corrected chi connectivity index (χ0v) is 16.2. The minimum absolute atomic E-state index is 0.198. The highest BCUT2D eigenvalue weighted by Gasteiger charge is 2.17. The number of hydrogen-bond acceptors (Lipinski definition) is 5. The highest BCUT2D eigenvalue weighted by atomic mass is 19.1. The molecule has 0 spiro atoms. The molecule has 0 aliphatic rings. The Morgan fingerprint density at radius 3 is 2.62 bits per heavy atom. The maximum Gasteiger partial charge on any atom is 0.274 e. The van der Waals surface area contributed by atoms with Gasteiger partial charge in [0.1, 0.15) is 17.3 Å². The second-order valence-corrected chi connectivity index (χ2v) is 7.37. The van der Waals surface area contributed by atoms with Crippen LogP contribution in [0.15, 0.2) is 53.6 Å². The number of halogens is 1. The average Bonchev–Trinajstić information content (AvgIpc) is 3.21. The van der Waals surface area contributed by atoms with Gasteiger partial charge in [-0.3, -0.25) is 9.89 Å². The van der Waals surface area contributed by atoms with Crippen LogP contribution in [0.1, 0.15) is 19.4 Å². The Balaban J connectivity index is 1.79. The lowest BCUT2D eigenvalue weighted by Crippen LogP contribution is -2.21. The standard InChI is InChI=1S/C21H20FN5O2/c1-21(2,29)12-4-7-18(23-11-12)25-16-10-14-17(27(3)20(16)28)6-5-13(19(14)22)15-8-9-24-26-15/h4-11,29H,1-3H3,(H,23,25)(H,24,26). The number of anilines is 2. The second kappa shape index (κ2) is 6.82. The van der Waals surface area contributed by atoms with Gasteiger partial charge >= 0.3 is 0 Å². The van der Waals surface area contributed by atoms with Crippen molar-refractivity contribution in [1.82, 2.24) is 19.7 Å². The highest BCUT2D eigenvalue weighted by molar-refractivity contribution is 5.88. The lowest BCUT2D eigenvalue weighted by molar-refractivity contribution is 0.0782. The van der Waals surface area contributed by atoms with Crippen molar-refractivity contribution in [3.8, 4) is 11.3 Å². The summed E-state index contributed by atoms with van der Waals surface area (Å²) in [5.41, 5.74) is 0.917. The molecule has 8 heteroatoms. The molecule has 0 saturated heterocycles. The maximum atomic E-state index is 15.2. The van der Waals surface area contributed by atoms with E-state index in [0.717, 1.165) is 0 Å². The normalized spacial score (nSPS) is 11.8. The van der Waals surface area contributed by atoms with Crippen LogP contribution in [-0.4, -0.2) is 24.9 Å². The fourth-order valence-electron chi connectivity index (χ4n) is 3.18. The zero-order valence-electron chi connectivity index (χ0n) is 16.2. The molecule has 3 heterocycles. The van der Waals surface area contributed by atoms with Gasteiger partial charge in [-0.1, -0.05) is 6.07 Å². The first kappa shape index (κ1) is 18.8. The van der Waals surface area contributed by atoms with E-state index in [2.05, 4.69) is 20.5 Å². The minimum Gasteiger partial charge on any atom is -0.386 e. The van der Waals surface area contributed by atoms with E-state index in [1.54, 1.807) is 57.4 Å². The molecule has 0 aliphatic carbocycles. The number of hydrogen-bond donors (Lipinski definition) is 3. The average molecular weight is 393 g/mol. The van der Waals surface area contributed by atoms with Gasteiger partial charge in [0.05, 0.1) is 16.8 Å². The molecule has 3 aromatic heterocycles. The lowest BCUT2D eigenvalue weighted by atomic mass is 10.0. The van der Waals surface area contributed by atoms with Gasteiger partial charge in [0.2, 0.25) is 0 Å². The monoisotopic (exact) mass is 393 g/mol. The van der Waals surface area contributed by atoms with Crippen LogP contribution in [0.3, 0.4) is 0 Å². The molecule has 29 heavy (non-hydrogen) atoms. The van der Waals surface area contributed by atoms with E-state index >= 15 is 4.39 Å². The zero-order chi connectivity index (χ0) is 20.8. The second-order valence-electron chi connectivity index (χ2n) is 7.37. The van der Waals surface area contributed by atoms with Gasteiger partial charge in [-0.05, 0) is 44.2 Å². The largest absolute Gasteiger partial charge is 0.386 e. The first-order valence-electron chi connectivity index (χ1n) is 9.03. The molecule has 4 rings (SSSR count). The number of nitrogens with one attached hydrogen (secondary N) is 2. The van der Waals surface area contributed by atoms with Crippen LogP contribution in [0.5, 0.6) is 0 Å². The Morgan fingerprint density at radius 1 is 1.21 bits per heavy atom. The van der Waals surface area contributed by atoms with E-state index in [-0.39, 0.29) is 11.2 Å². The molecule has 1 aromatic carbocycles. The molecular weight excluding hydrogens is 373 g/mol. The smallest absolute Gasteiger partial charge is 0.274 e. The minimum atomic E-state index is -1.02. The van der Waals surface area contributed by atoms with Crippen LogP contribution >= 0.6 is 0 Å². The number of fused-ring (bicyclic) bond motifs is 1. The van der Waals surface area contributed by atoms with E-state index in [4.69, 9.17) is 0 Å². The predicted octanol–water partition coefficient (Wildman–Crippen LogP) is 3.43. The molecule has 4 aromatic rings. The molecule has 148 valence electrons. The van der Waals surface area contributed by atoms with Crippen molar-refractivity contribution in [2.45, 2.75) is 19.4 Å². The third-order valence-corrected chi connectivity index (χ3v) is 4.87. The molecule has 7 nitrogen and oxygen atoms in total. The van der Waals surface area contributed by atoms with Crippen LogP contribution in [0.2, 0.25) is 0 Å². The number of aromatic nitrogens is 4. The van der Waals surface area contributed by atoms with E-state index < -0.39 is 11.4 Å². The van der Waals surface area contributed by atoms with Gasteiger partial charge in [0.15, 0.2) is 0 Å². The van der Waals surface area contributed by atoms with Crippen LogP contribution < -0.4 is 10.9 Å². The van der Waals surface area contributed by atoms with Crippen LogP contribution in [0.25, 0.3) is 22.2 Å². The molecule has 0 atom stereocenters. The van der Waals surface area contributed by atoms with Gasteiger partial charge in [0.25, 0.3) is 5.56 Å². The number of aryl methyl sites for hydroxylation is 1. The van der Waals surface area contributed by atoms with Crippen molar-refractivity contribution >= 4 is 22.4 Å². The molecule has 0 saturated carbocycles. The third-order valence-electron chi connectivity index (χ3n) is 4.87. The van der Waals surface area contributed by atoms with E-state index in [0.29, 0.717) is 33.5 Å². The lowest BCUT2D eigenvalue weighted by Gasteiger charge is -2.17. The summed E-state index contributed by atoms with van der Waals surface area (Å²) >= 11 is 0. The van der Waals surface area contributed by atoms with Crippen molar-refractivity contribution in [3.63, 3.8) is 0 Å². The molecule has 0 unspecified atom stereocenters. The summed E-state index contributed by atoms with van der Waals surface area (Å²) in [6, 6.07) is 9.87. The van der Waals surface area contributed by atoms with Crippen molar-refractivity contribution in [2.24, 2.45) is 7.05 Å². The Morgan fingerprint density at radius 2 is 2.00 bits per heavy atom. The first-order chi connectivity index (χ1) is 13.8. The first-order valence-corrected chi connectivity index (χ1v) is 9.03. The molecule has 3 N–H and O–H groups in total. The fourth-order valence-corrected chi connectivity index (χ4v) is 3.18. The summed E-state index contributed by atoms with van der Waals surface area (Å²) < 4.78 is 16.6. The van der Waals surface area contributed by atoms with E-state index in [1.165, 1.54) is 16.8 Å². The number of aromatic amines is 1. The molecule has 0 fully saturated rings. The summed E-state index contributed by atoms with van der Waals surface area (Å²) in [6.07, 6.45) is 3.08. The van der Waals surface area contributed by atoms with Crippen molar-refractivity contribution < 1.29 is 9.50 Å². The number of aliphatic hydroxyl groups is 1. The number of pyridine rings is 2. The SMILES string of the molecule is Cn1c(=O)c(Nc2ccc(C(C)(C)O)cn2)cc2c(F)c(-c3ccn[nH]3)ccc21. The number of H-pyrrole nitrogens is 1. The summed E-state index contributed by atoms with van der Waals surface area (Å²) in [5, 5.41) is 19.9. The highest BCUT2D eigenvalue weighted by Crippen LogP contribution is 2.29. The van der Waals surface area contributed by atoms with Crippen LogP contribution in [0.4, 0.5) is 15.9 Å². The maximum absolute atomic E-state index is 15.2. The molecule has 0 aliphatic heterocycles. The van der Waals surface area contributed by atoms with Gasteiger partial charge in [-0.15, -0.1) is 0 Å². The Hall–Kier alpha value is -3.52. The summed E-state index contributed by atoms with van der Waals surface area (Å²) in [5.74, 6) is -0.0321. The third kappa shape index (κ3) is 3.38. The van der Waals surface area contributed by atoms with Gasteiger partial charge in [-0.25, -0.2) is 9.37 Å². The Kier molecular flexibility index (Phi) is 4.43. The fraction of sp³-hybridized carbons (Fsp3) is 0.190. The van der Waals surface area contributed by atoms with Crippen LogP contribution in [0, 0.1) is 5.82 Å². The van der Waals surface area contributed by atoms with Crippen molar-refractivity contribution in [3.05, 3.63) is 70.5 Å². The van der Waals surface area contributed by atoms with Gasteiger partial charge < -0.3 is 15.0 Å². The van der Waals surface area contributed by atoms with Crippen molar-refractivity contribution in [2.75, 3.05) is 5.32 Å². The topological polar surface area (TPSA) is 95.8 Å². The Labute approximate surface area is 165 Å². The van der Waals surface area contributed by atoms with Gasteiger partial charge in [-0.2, -0.15) is 5.10 Å². The summed E-state index contributed by atoms with van der Waals surface area (Å²) in [4.78, 5) is 17.0. The van der Waals surface area contributed by atoms with Crippen molar-refractivity contribution in [1.29, 1.82) is 0 Å². The summed E-state index contributed by atoms with van der Waals surface area (Å²) in [6.45, 7) is 3.33. The molecular formula is C21H20FN5O2. The predicted molar refractivity (Wildman–Crippen MR) is 109 cm³/mol. The molecule has 0 amide bonds. The van der Waals surface area contributed by atoms with Crippen LogP contribution in [-0.2, 0) is 12.6 Å². The van der Waals surface area contributed by atoms with Gasteiger partial charge in [0, 0.05) is 36.0 Å². The molecule has 0 radical (unpaired) electrons. The number of benzene rings is 1. The summed E-state index contributed by atoms with van der Waals surface area (Å²) in [7, 11) is 1.59. The number of rotatable bonds is 4. The quantitative estimate of drug-likeness (QED) is 0.494. The Bertz CT molecular complexity index is 1240. The van der Waals surface area contributed by atoms with E-state index in [9.17, 15) is 9.90 Å².